The Morgan fingerprint density at radius 3 is 2.50 bits per heavy atom. The molecule has 110 valence electrons. The Morgan fingerprint density at radius 1 is 1.25 bits per heavy atom. The van der Waals surface area contributed by atoms with Crippen molar-refractivity contribution in [1.29, 1.82) is 0 Å². The Labute approximate surface area is 120 Å². The molecule has 1 atom stereocenters. The molecule has 5 nitrogen and oxygen atoms in total. The van der Waals surface area contributed by atoms with E-state index in [1.807, 2.05) is 42.3 Å². The van der Waals surface area contributed by atoms with Gasteiger partial charge in [0.15, 0.2) is 6.10 Å². The van der Waals surface area contributed by atoms with Crippen LogP contribution in [0, 0.1) is 0 Å². The zero-order valence-corrected chi connectivity index (χ0v) is 12.2. The first-order valence-electron chi connectivity index (χ1n) is 7.14. The molecule has 0 aliphatic carbocycles. The third kappa shape index (κ3) is 4.21. The summed E-state index contributed by atoms with van der Waals surface area (Å²) in [6.45, 7) is 5.60. The van der Waals surface area contributed by atoms with Crippen molar-refractivity contribution < 1.29 is 9.53 Å². The second-order valence-corrected chi connectivity index (χ2v) is 5.09. The second-order valence-electron chi connectivity index (χ2n) is 5.09. The molecule has 1 aromatic rings. The highest BCUT2D eigenvalue weighted by molar-refractivity contribution is 5.80. The van der Waals surface area contributed by atoms with Gasteiger partial charge in [-0.1, -0.05) is 25.1 Å². The van der Waals surface area contributed by atoms with Crippen LogP contribution in [-0.4, -0.2) is 55.1 Å². The fraction of sp³-hybridized carbons (Fsp3) is 0.533. The molecule has 0 saturated carbocycles. The van der Waals surface area contributed by atoms with Crippen LogP contribution in [0.3, 0.4) is 0 Å². The summed E-state index contributed by atoms with van der Waals surface area (Å²) < 4.78 is 5.74. The number of ether oxygens (including phenoxy) is 1. The number of hydrogen-bond donors (Lipinski definition) is 1. The van der Waals surface area contributed by atoms with E-state index in [2.05, 4.69) is 17.4 Å². The minimum atomic E-state index is -0.447. The fourth-order valence-corrected chi connectivity index (χ4v) is 2.13. The molecule has 1 aliphatic heterocycles. The van der Waals surface area contributed by atoms with Crippen LogP contribution >= 0.6 is 0 Å². The Balaban J connectivity index is 1.86. The number of nitrogens with one attached hydrogen (secondary N) is 1. The molecule has 1 amide bonds. The van der Waals surface area contributed by atoms with E-state index in [9.17, 15) is 4.79 Å². The molecule has 1 saturated heterocycles. The standard InChI is InChI=1S/C15H23N3O2/c1-3-14(20-13-7-5-4-6-8-13)15(19)16-18-11-9-17(2)10-12-18/h4-8,14H,3,9-12H2,1-2H3,(H,16,19). The van der Waals surface area contributed by atoms with E-state index in [1.54, 1.807) is 0 Å². The topological polar surface area (TPSA) is 44.8 Å². The molecule has 0 spiro atoms. The van der Waals surface area contributed by atoms with Crippen molar-refractivity contribution in [3.63, 3.8) is 0 Å². The number of nitrogens with zero attached hydrogens (tertiary/aromatic N) is 2. The normalized spacial score (nSPS) is 18.5. The SMILES string of the molecule is CCC(Oc1ccccc1)C(=O)NN1CCN(C)CC1. The van der Waals surface area contributed by atoms with Gasteiger partial charge in [0.1, 0.15) is 5.75 Å². The van der Waals surface area contributed by atoms with Crippen molar-refractivity contribution in [3.8, 4) is 5.75 Å². The van der Waals surface area contributed by atoms with E-state index >= 15 is 0 Å². The lowest BCUT2D eigenvalue weighted by Crippen LogP contribution is -2.55. The van der Waals surface area contributed by atoms with E-state index in [1.165, 1.54) is 0 Å². The number of carbonyl (C=O) groups excluding carboxylic acids is 1. The first kappa shape index (κ1) is 14.8. The highest BCUT2D eigenvalue weighted by atomic mass is 16.5. The molecule has 5 heteroatoms. The van der Waals surface area contributed by atoms with Gasteiger partial charge in [0.05, 0.1) is 0 Å². The van der Waals surface area contributed by atoms with Gasteiger partial charge in [0.2, 0.25) is 0 Å². The van der Waals surface area contributed by atoms with E-state index < -0.39 is 6.10 Å². The average Bonchev–Trinajstić information content (AvgIpc) is 2.48. The monoisotopic (exact) mass is 277 g/mol. The number of rotatable bonds is 5. The van der Waals surface area contributed by atoms with Crippen LogP contribution in [0.2, 0.25) is 0 Å². The molecule has 1 N–H and O–H groups in total. The summed E-state index contributed by atoms with van der Waals surface area (Å²) in [6.07, 6.45) is 0.200. The minimum absolute atomic E-state index is 0.0686. The summed E-state index contributed by atoms with van der Waals surface area (Å²) >= 11 is 0. The van der Waals surface area contributed by atoms with Crippen LogP contribution in [0.1, 0.15) is 13.3 Å². The zero-order chi connectivity index (χ0) is 14.4. The van der Waals surface area contributed by atoms with Gasteiger partial charge in [-0.2, -0.15) is 0 Å². The summed E-state index contributed by atoms with van der Waals surface area (Å²) in [4.78, 5) is 14.5. The molecule has 20 heavy (non-hydrogen) atoms. The molecule has 0 aromatic heterocycles. The van der Waals surface area contributed by atoms with Gasteiger partial charge in [0.25, 0.3) is 5.91 Å². The minimum Gasteiger partial charge on any atom is -0.481 e. The maximum atomic E-state index is 12.2. The predicted octanol–water partition coefficient (Wildman–Crippen LogP) is 1.12. The average molecular weight is 277 g/mol. The quantitative estimate of drug-likeness (QED) is 0.876. The second kappa shape index (κ2) is 7.26. The number of para-hydroxylation sites is 1. The smallest absolute Gasteiger partial charge is 0.275 e. The maximum Gasteiger partial charge on any atom is 0.275 e. The molecular weight excluding hydrogens is 254 g/mol. The third-order valence-electron chi connectivity index (χ3n) is 3.46. The summed E-state index contributed by atoms with van der Waals surface area (Å²) in [5.74, 6) is 0.661. The van der Waals surface area contributed by atoms with Crippen LogP contribution < -0.4 is 10.2 Å². The third-order valence-corrected chi connectivity index (χ3v) is 3.46. The lowest BCUT2D eigenvalue weighted by atomic mass is 10.2. The molecule has 0 bridgehead atoms. The van der Waals surface area contributed by atoms with Crippen LogP contribution in [0.15, 0.2) is 30.3 Å². The highest BCUT2D eigenvalue weighted by Crippen LogP contribution is 2.12. The first-order valence-corrected chi connectivity index (χ1v) is 7.14. The van der Waals surface area contributed by atoms with Gasteiger partial charge in [-0.15, -0.1) is 0 Å². The van der Waals surface area contributed by atoms with Crippen molar-refractivity contribution in [1.82, 2.24) is 15.3 Å². The number of hydrazine groups is 1. The Kier molecular flexibility index (Phi) is 5.38. The molecular formula is C15H23N3O2. The van der Waals surface area contributed by atoms with E-state index in [4.69, 9.17) is 4.74 Å². The van der Waals surface area contributed by atoms with Crippen molar-refractivity contribution in [2.24, 2.45) is 0 Å². The number of likely N-dealkylation sites (N-methyl/N-ethyl adjacent to an activating group) is 1. The molecule has 1 unspecified atom stereocenters. The highest BCUT2D eigenvalue weighted by Gasteiger charge is 2.22. The molecule has 0 radical (unpaired) electrons. The van der Waals surface area contributed by atoms with Gasteiger partial charge in [-0.3, -0.25) is 10.2 Å². The summed E-state index contributed by atoms with van der Waals surface area (Å²) in [5, 5.41) is 1.97. The predicted molar refractivity (Wildman–Crippen MR) is 78.4 cm³/mol. The molecule has 1 fully saturated rings. The lowest BCUT2D eigenvalue weighted by Gasteiger charge is -2.33. The number of hydrogen-bond acceptors (Lipinski definition) is 4. The number of benzene rings is 1. The van der Waals surface area contributed by atoms with Gasteiger partial charge in [-0.05, 0) is 25.6 Å². The number of carbonyl (C=O) groups is 1. The van der Waals surface area contributed by atoms with Crippen molar-refractivity contribution >= 4 is 5.91 Å². The number of piperazine rings is 1. The Morgan fingerprint density at radius 2 is 1.90 bits per heavy atom. The summed E-state index contributed by atoms with van der Waals surface area (Å²) in [5.41, 5.74) is 2.95. The van der Waals surface area contributed by atoms with E-state index in [0.29, 0.717) is 6.42 Å². The summed E-state index contributed by atoms with van der Waals surface area (Å²) in [7, 11) is 2.09. The van der Waals surface area contributed by atoms with Crippen LogP contribution in [0.5, 0.6) is 5.75 Å². The van der Waals surface area contributed by atoms with Crippen molar-refractivity contribution in [3.05, 3.63) is 30.3 Å². The van der Waals surface area contributed by atoms with Crippen LogP contribution in [-0.2, 0) is 4.79 Å². The Hall–Kier alpha value is -1.59. The molecule has 1 heterocycles. The van der Waals surface area contributed by atoms with Crippen LogP contribution in [0.25, 0.3) is 0 Å². The number of amides is 1. The lowest BCUT2D eigenvalue weighted by molar-refractivity contribution is -0.134. The molecule has 1 aromatic carbocycles. The van der Waals surface area contributed by atoms with Crippen molar-refractivity contribution in [2.75, 3.05) is 33.2 Å². The fourth-order valence-electron chi connectivity index (χ4n) is 2.13. The van der Waals surface area contributed by atoms with Crippen LogP contribution in [0.4, 0.5) is 0 Å². The largest absolute Gasteiger partial charge is 0.481 e. The van der Waals surface area contributed by atoms with Gasteiger partial charge >= 0.3 is 0 Å². The van der Waals surface area contributed by atoms with E-state index in [0.717, 1.165) is 31.9 Å². The van der Waals surface area contributed by atoms with Crippen molar-refractivity contribution in [2.45, 2.75) is 19.4 Å². The van der Waals surface area contributed by atoms with Gasteiger partial charge in [0, 0.05) is 26.2 Å². The zero-order valence-electron chi connectivity index (χ0n) is 12.2. The molecule has 2 rings (SSSR count). The summed E-state index contributed by atoms with van der Waals surface area (Å²) in [6, 6.07) is 9.47. The maximum absolute atomic E-state index is 12.2. The van der Waals surface area contributed by atoms with Gasteiger partial charge in [-0.25, -0.2) is 5.01 Å². The van der Waals surface area contributed by atoms with Gasteiger partial charge < -0.3 is 9.64 Å². The van der Waals surface area contributed by atoms with E-state index in [-0.39, 0.29) is 5.91 Å². The Bertz CT molecular complexity index is 416. The molecule has 1 aliphatic rings. The first-order chi connectivity index (χ1) is 9.69.